The molecule has 0 aromatic heterocycles. The topological polar surface area (TPSA) is 26.3 Å². The Labute approximate surface area is 141 Å². The average Bonchev–Trinajstić information content (AvgIpc) is 2.81. The first-order chi connectivity index (χ1) is 10.9. The number of carbonyl (C=O) groups is 1. The molecule has 0 heterocycles. The standard InChI is InChI=1S/C21H34O2/c1-14(22)23-16-12-19-17-8-7-15-6-4-5-10-21(15,3)18(17)9-11-20(19,2)13-16/h15-19H,4-13H2,1-3H3/t15-,16?,17?,18?,19?,20?,21?/m1/s1. The van der Waals surface area contributed by atoms with Gasteiger partial charge in [-0.15, -0.1) is 0 Å². The maximum absolute atomic E-state index is 11.4. The summed E-state index contributed by atoms with van der Waals surface area (Å²) in [6.07, 6.45) is 14.0. The summed E-state index contributed by atoms with van der Waals surface area (Å²) < 4.78 is 5.64. The molecule has 4 fully saturated rings. The smallest absolute Gasteiger partial charge is 0.302 e. The van der Waals surface area contributed by atoms with Gasteiger partial charge in [-0.1, -0.05) is 26.7 Å². The minimum atomic E-state index is -0.0863. The van der Waals surface area contributed by atoms with E-state index in [2.05, 4.69) is 13.8 Å². The molecule has 0 amide bonds. The lowest BCUT2D eigenvalue weighted by Crippen LogP contribution is -2.51. The van der Waals surface area contributed by atoms with Gasteiger partial charge in [0.15, 0.2) is 0 Å². The molecular formula is C21H34O2. The van der Waals surface area contributed by atoms with Crippen LogP contribution in [0.15, 0.2) is 0 Å². The van der Waals surface area contributed by atoms with Gasteiger partial charge in [0.05, 0.1) is 0 Å². The summed E-state index contributed by atoms with van der Waals surface area (Å²) in [6.45, 7) is 6.70. The fraction of sp³-hybridized carbons (Fsp3) is 0.952. The Hall–Kier alpha value is -0.530. The highest BCUT2D eigenvalue weighted by atomic mass is 16.5. The van der Waals surface area contributed by atoms with Crippen LogP contribution in [0.2, 0.25) is 0 Å². The van der Waals surface area contributed by atoms with Crippen molar-refractivity contribution in [1.82, 2.24) is 0 Å². The third-order valence-corrected chi connectivity index (χ3v) is 8.64. The first-order valence-electron chi connectivity index (χ1n) is 10.1. The molecule has 4 aliphatic rings. The van der Waals surface area contributed by atoms with E-state index in [-0.39, 0.29) is 12.1 Å². The SMILES string of the molecule is CC(=O)OC1CC2C3CC[C@H]4CCCCC4(C)C3CCC2(C)C1. The molecular weight excluding hydrogens is 284 g/mol. The van der Waals surface area contributed by atoms with Gasteiger partial charge in [-0.25, -0.2) is 0 Å². The van der Waals surface area contributed by atoms with E-state index in [1.807, 2.05) is 0 Å². The molecule has 6 unspecified atom stereocenters. The molecule has 0 aromatic carbocycles. The number of esters is 1. The summed E-state index contributed by atoms with van der Waals surface area (Å²) in [5.74, 6) is 3.54. The Kier molecular flexibility index (Phi) is 3.81. The second-order valence-corrected chi connectivity index (χ2v) is 9.77. The Morgan fingerprint density at radius 2 is 1.83 bits per heavy atom. The van der Waals surface area contributed by atoms with Gasteiger partial charge >= 0.3 is 5.97 Å². The van der Waals surface area contributed by atoms with Crippen molar-refractivity contribution in [1.29, 1.82) is 0 Å². The molecule has 0 bridgehead atoms. The maximum Gasteiger partial charge on any atom is 0.302 e. The molecule has 2 heteroatoms. The fourth-order valence-corrected chi connectivity index (χ4v) is 7.61. The van der Waals surface area contributed by atoms with E-state index < -0.39 is 0 Å². The van der Waals surface area contributed by atoms with E-state index in [1.54, 1.807) is 6.92 Å². The number of fused-ring (bicyclic) bond motifs is 5. The summed E-state index contributed by atoms with van der Waals surface area (Å²) in [5, 5.41) is 0. The van der Waals surface area contributed by atoms with E-state index in [1.165, 1.54) is 51.4 Å². The van der Waals surface area contributed by atoms with Crippen molar-refractivity contribution in [3.05, 3.63) is 0 Å². The van der Waals surface area contributed by atoms with Gasteiger partial charge in [0, 0.05) is 6.92 Å². The van der Waals surface area contributed by atoms with E-state index >= 15 is 0 Å². The predicted octanol–water partition coefficient (Wildman–Crippen LogP) is 5.35. The summed E-state index contributed by atoms with van der Waals surface area (Å²) in [6, 6.07) is 0. The Balaban J connectivity index is 1.57. The van der Waals surface area contributed by atoms with Crippen molar-refractivity contribution in [2.45, 2.75) is 91.1 Å². The minimum absolute atomic E-state index is 0.0863. The van der Waals surface area contributed by atoms with Gasteiger partial charge in [-0.2, -0.15) is 0 Å². The number of carbonyl (C=O) groups excluding carboxylic acids is 1. The zero-order valence-electron chi connectivity index (χ0n) is 15.3. The molecule has 0 aliphatic heterocycles. The molecule has 4 aliphatic carbocycles. The summed E-state index contributed by atoms with van der Waals surface area (Å²) in [7, 11) is 0. The van der Waals surface area contributed by atoms with Crippen molar-refractivity contribution in [2.24, 2.45) is 34.5 Å². The molecule has 23 heavy (non-hydrogen) atoms. The summed E-state index contributed by atoms with van der Waals surface area (Å²) >= 11 is 0. The number of hydrogen-bond acceptors (Lipinski definition) is 2. The van der Waals surface area contributed by atoms with Gasteiger partial charge in [0.25, 0.3) is 0 Å². The normalized spacial score (nSPS) is 52.2. The van der Waals surface area contributed by atoms with Crippen LogP contribution in [0.25, 0.3) is 0 Å². The molecule has 4 rings (SSSR count). The molecule has 0 spiro atoms. The van der Waals surface area contributed by atoms with Gasteiger partial charge in [-0.05, 0) is 85.9 Å². The second-order valence-electron chi connectivity index (χ2n) is 9.77. The lowest BCUT2D eigenvalue weighted by molar-refractivity contribution is -0.146. The van der Waals surface area contributed by atoms with Crippen LogP contribution in [0.3, 0.4) is 0 Å². The molecule has 2 nitrogen and oxygen atoms in total. The first-order valence-corrected chi connectivity index (χ1v) is 10.1. The molecule has 7 atom stereocenters. The Morgan fingerprint density at radius 1 is 1.00 bits per heavy atom. The van der Waals surface area contributed by atoms with Crippen LogP contribution < -0.4 is 0 Å². The second kappa shape index (κ2) is 5.49. The lowest BCUT2D eigenvalue weighted by Gasteiger charge is -2.59. The van der Waals surface area contributed by atoms with Crippen LogP contribution in [-0.4, -0.2) is 12.1 Å². The summed E-state index contributed by atoms with van der Waals surface area (Å²) in [5.41, 5.74) is 1.04. The highest BCUT2D eigenvalue weighted by Gasteiger charge is 2.59. The van der Waals surface area contributed by atoms with Crippen LogP contribution >= 0.6 is 0 Å². The average molecular weight is 319 g/mol. The fourth-order valence-electron chi connectivity index (χ4n) is 7.61. The van der Waals surface area contributed by atoms with Gasteiger partial charge < -0.3 is 4.74 Å². The molecule has 0 N–H and O–H groups in total. The first kappa shape index (κ1) is 16.0. The minimum Gasteiger partial charge on any atom is -0.463 e. The highest BCUT2D eigenvalue weighted by molar-refractivity contribution is 5.66. The number of rotatable bonds is 1. The molecule has 0 radical (unpaired) electrons. The maximum atomic E-state index is 11.4. The summed E-state index contributed by atoms with van der Waals surface area (Å²) in [4.78, 5) is 11.4. The lowest BCUT2D eigenvalue weighted by atomic mass is 9.45. The largest absolute Gasteiger partial charge is 0.463 e. The number of hydrogen-bond donors (Lipinski definition) is 0. The van der Waals surface area contributed by atoms with E-state index in [9.17, 15) is 4.79 Å². The van der Waals surface area contributed by atoms with Crippen molar-refractivity contribution >= 4 is 5.97 Å². The van der Waals surface area contributed by atoms with Gasteiger partial charge in [0.1, 0.15) is 6.10 Å². The molecule has 0 saturated heterocycles. The van der Waals surface area contributed by atoms with Crippen LogP contribution in [0.5, 0.6) is 0 Å². The van der Waals surface area contributed by atoms with E-state index in [0.29, 0.717) is 10.8 Å². The van der Waals surface area contributed by atoms with Crippen LogP contribution in [0.4, 0.5) is 0 Å². The zero-order chi connectivity index (χ0) is 16.2. The Morgan fingerprint density at radius 3 is 2.61 bits per heavy atom. The number of ether oxygens (including phenoxy) is 1. The van der Waals surface area contributed by atoms with Crippen LogP contribution in [-0.2, 0) is 9.53 Å². The third kappa shape index (κ3) is 2.46. The third-order valence-electron chi connectivity index (χ3n) is 8.64. The monoisotopic (exact) mass is 318 g/mol. The van der Waals surface area contributed by atoms with Crippen molar-refractivity contribution < 1.29 is 9.53 Å². The quantitative estimate of drug-likeness (QED) is 0.609. The molecule has 0 aromatic rings. The van der Waals surface area contributed by atoms with Crippen molar-refractivity contribution in [2.75, 3.05) is 0 Å². The van der Waals surface area contributed by atoms with Crippen molar-refractivity contribution in [3.8, 4) is 0 Å². The molecule has 130 valence electrons. The zero-order valence-corrected chi connectivity index (χ0v) is 15.3. The van der Waals surface area contributed by atoms with Gasteiger partial charge in [0.2, 0.25) is 0 Å². The van der Waals surface area contributed by atoms with Crippen LogP contribution in [0.1, 0.15) is 85.0 Å². The van der Waals surface area contributed by atoms with Gasteiger partial charge in [-0.3, -0.25) is 4.79 Å². The predicted molar refractivity (Wildman–Crippen MR) is 91.9 cm³/mol. The van der Waals surface area contributed by atoms with E-state index in [4.69, 9.17) is 4.74 Å². The van der Waals surface area contributed by atoms with E-state index in [0.717, 1.165) is 36.5 Å². The van der Waals surface area contributed by atoms with Crippen LogP contribution in [0, 0.1) is 34.5 Å². The highest BCUT2D eigenvalue weighted by Crippen LogP contribution is 2.66. The van der Waals surface area contributed by atoms with Crippen molar-refractivity contribution in [3.63, 3.8) is 0 Å². The molecule has 4 saturated carbocycles. The Bertz CT molecular complexity index is 486.